The molecule has 1 saturated heterocycles. The normalized spacial score (nSPS) is 15.5. The van der Waals surface area contributed by atoms with Crippen LogP contribution >= 0.6 is 35.3 Å². The first-order chi connectivity index (χ1) is 13.8. The molecule has 1 aliphatic rings. The molecule has 1 aromatic heterocycles. The smallest absolute Gasteiger partial charge is 0.303 e. The van der Waals surface area contributed by atoms with Crippen molar-refractivity contribution in [3.63, 3.8) is 0 Å². The van der Waals surface area contributed by atoms with Crippen LogP contribution in [0, 0.1) is 11.6 Å². The van der Waals surface area contributed by atoms with Crippen LogP contribution in [0.3, 0.4) is 0 Å². The number of carbonyl (C=O) groups excluding carboxylic acids is 1. The quantitative estimate of drug-likeness (QED) is 0.344. The van der Waals surface area contributed by atoms with Crippen LogP contribution in [-0.4, -0.2) is 32.9 Å². The van der Waals surface area contributed by atoms with Crippen LogP contribution in [0.5, 0.6) is 0 Å². The number of aliphatic carboxylic acids is 1. The van der Waals surface area contributed by atoms with Crippen molar-refractivity contribution < 1.29 is 23.5 Å². The Bertz CT molecular complexity index is 991. The number of nitrogens with one attached hydrogen (secondary N) is 1. The summed E-state index contributed by atoms with van der Waals surface area (Å²) in [6, 6.07) is 5.51. The first kappa shape index (κ1) is 21.6. The van der Waals surface area contributed by atoms with Crippen LogP contribution in [0.2, 0.25) is 0 Å². The van der Waals surface area contributed by atoms with Gasteiger partial charge in [0.1, 0.15) is 0 Å². The number of thiophene rings is 1. The summed E-state index contributed by atoms with van der Waals surface area (Å²) < 4.78 is 26.9. The Morgan fingerprint density at radius 3 is 2.72 bits per heavy atom. The van der Waals surface area contributed by atoms with Gasteiger partial charge in [0.05, 0.1) is 4.91 Å². The van der Waals surface area contributed by atoms with Crippen molar-refractivity contribution in [3.05, 3.63) is 51.1 Å². The molecule has 1 amide bonds. The average molecular weight is 455 g/mol. The standard InChI is InChI=1S/C19H16F2N2O3S3/c20-14-5-4-11(8-15(14)21)12-7-13(28-10-12)9-16-18(26)23(19(27)29-16)22-6-2-1-3-17(24)25/h4-5,7-10,22H,1-3,6H2,(H,24,25)/b16-9-. The van der Waals surface area contributed by atoms with Crippen molar-refractivity contribution in [2.75, 3.05) is 6.54 Å². The van der Waals surface area contributed by atoms with Crippen LogP contribution < -0.4 is 5.43 Å². The largest absolute Gasteiger partial charge is 0.481 e. The Labute approximate surface area is 179 Å². The number of carboxylic acid groups (broad SMARTS) is 1. The molecule has 5 nitrogen and oxygen atoms in total. The third kappa shape index (κ3) is 5.47. The number of rotatable bonds is 8. The minimum Gasteiger partial charge on any atom is -0.481 e. The van der Waals surface area contributed by atoms with E-state index in [0.29, 0.717) is 34.2 Å². The SMILES string of the molecule is O=C(O)CCCCNN1C(=O)/C(=C/c2cc(-c3ccc(F)c(F)c3)cs2)SC1=S. The summed E-state index contributed by atoms with van der Waals surface area (Å²) >= 11 is 7.78. The lowest BCUT2D eigenvalue weighted by Gasteiger charge is -2.15. The molecule has 0 atom stereocenters. The fourth-order valence-electron chi connectivity index (χ4n) is 2.58. The molecule has 1 aliphatic heterocycles. The van der Waals surface area contributed by atoms with Crippen molar-refractivity contribution in [1.82, 2.24) is 10.4 Å². The van der Waals surface area contributed by atoms with Crippen molar-refractivity contribution >= 4 is 57.6 Å². The van der Waals surface area contributed by atoms with Gasteiger partial charge in [-0.1, -0.05) is 30.0 Å². The number of thiocarbonyl (C=S) groups is 1. The number of carboxylic acids is 1. The van der Waals surface area contributed by atoms with Gasteiger partial charge in [-0.25, -0.2) is 19.2 Å². The van der Waals surface area contributed by atoms with E-state index < -0.39 is 17.6 Å². The Kier molecular flexibility index (Phi) is 7.12. The number of hydrazine groups is 1. The molecule has 0 saturated carbocycles. The molecule has 0 unspecified atom stereocenters. The maximum atomic E-state index is 13.4. The Morgan fingerprint density at radius 2 is 2.00 bits per heavy atom. The predicted octanol–water partition coefficient (Wildman–Crippen LogP) is 4.65. The summed E-state index contributed by atoms with van der Waals surface area (Å²) in [5.41, 5.74) is 4.21. The number of nitrogens with zero attached hydrogens (tertiary/aromatic N) is 1. The number of hydrogen-bond donors (Lipinski definition) is 2. The number of thioether (sulfide) groups is 1. The van der Waals surface area contributed by atoms with E-state index in [4.69, 9.17) is 17.3 Å². The number of amides is 1. The van der Waals surface area contributed by atoms with E-state index >= 15 is 0 Å². The first-order valence-electron chi connectivity index (χ1n) is 8.62. The third-order valence-electron chi connectivity index (χ3n) is 4.03. The molecular weight excluding hydrogens is 438 g/mol. The molecule has 2 heterocycles. The van der Waals surface area contributed by atoms with Crippen molar-refractivity contribution in [2.45, 2.75) is 19.3 Å². The number of carbonyl (C=O) groups is 2. The summed E-state index contributed by atoms with van der Waals surface area (Å²) in [4.78, 5) is 24.3. The molecule has 1 aromatic carbocycles. The number of unbranched alkanes of at least 4 members (excludes halogenated alkanes) is 1. The molecule has 0 aliphatic carbocycles. The Balaban J connectivity index is 1.64. The molecule has 3 rings (SSSR count). The highest BCUT2D eigenvalue weighted by Gasteiger charge is 2.32. The highest BCUT2D eigenvalue weighted by Crippen LogP contribution is 2.34. The Morgan fingerprint density at radius 1 is 1.21 bits per heavy atom. The van der Waals surface area contributed by atoms with Crippen LogP contribution in [-0.2, 0) is 9.59 Å². The summed E-state index contributed by atoms with van der Waals surface area (Å²) in [7, 11) is 0. The summed E-state index contributed by atoms with van der Waals surface area (Å²) in [6.45, 7) is 0.437. The van der Waals surface area contributed by atoms with E-state index in [1.165, 1.54) is 22.4 Å². The fourth-order valence-corrected chi connectivity index (χ4v) is 4.71. The zero-order valence-electron chi connectivity index (χ0n) is 15.0. The van der Waals surface area contributed by atoms with Crippen LogP contribution in [0.1, 0.15) is 24.1 Å². The van der Waals surface area contributed by atoms with Crippen LogP contribution in [0.25, 0.3) is 17.2 Å². The van der Waals surface area contributed by atoms with E-state index in [1.54, 1.807) is 17.5 Å². The van der Waals surface area contributed by atoms with E-state index in [9.17, 15) is 18.4 Å². The van der Waals surface area contributed by atoms with Gasteiger partial charge in [0.2, 0.25) is 0 Å². The van der Waals surface area contributed by atoms with Gasteiger partial charge >= 0.3 is 5.97 Å². The van der Waals surface area contributed by atoms with Gasteiger partial charge in [-0.05, 0) is 53.6 Å². The summed E-state index contributed by atoms with van der Waals surface area (Å²) in [5.74, 6) is -2.94. The Hall–Kier alpha value is -2.14. The van der Waals surface area contributed by atoms with Crippen LogP contribution in [0.4, 0.5) is 8.78 Å². The maximum absolute atomic E-state index is 13.4. The maximum Gasteiger partial charge on any atom is 0.303 e. The van der Waals surface area contributed by atoms with Gasteiger partial charge in [-0.3, -0.25) is 9.59 Å². The van der Waals surface area contributed by atoms with E-state index in [0.717, 1.165) is 34.3 Å². The fraction of sp³-hybridized carbons (Fsp3) is 0.211. The molecular formula is C19H16F2N2O3S3. The van der Waals surface area contributed by atoms with E-state index in [-0.39, 0.29) is 12.3 Å². The number of hydrogen-bond acceptors (Lipinski definition) is 6. The minimum absolute atomic E-state index is 0.0820. The van der Waals surface area contributed by atoms with Gasteiger partial charge in [0.25, 0.3) is 5.91 Å². The third-order valence-corrected chi connectivity index (χ3v) is 6.21. The minimum atomic E-state index is -0.912. The number of benzene rings is 1. The first-order valence-corrected chi connectivity index (χ1v) is 10.7. The second-order valence-corrected chi connectivity index (χ2v) is 8.76. The zero-order chi connectivity index (χ0) is 21.0. The van der Waals surface area contributed by atoms with Crippen molar-refractivity contribution in [2.24, 2.45) is 0 Å². The monoisotopic (exact) mass is 454 g/mol. The van der Waals surface area contributed by atoms with E-state index in [2.05, 4.69) is 5.43 Å². The molecule has 0 bridgehead atoms. The molecule has 0 spiro atoms. The molecule has 29 heavy (non-hydrogen) atoms. The molecule has 2 N–H and O–H groups in total. The molecule has 2 aromatic rings. The average Bonchev–Trinajstić information content (AvgIpc) is 3.23. The van der Waals surface area contributed by atoms with Crippen molar-refractivity contribution in [1.29, 1.82) is 0 Å². The van der Waals surface area contributed by atoms with Gasteiger partial charge < -0.3 is 5.11 Å². The molecule has 152 valence electrons. The molecule has 0 radical (unpaired) electrons. The van der Waals surface area contributed by atoms with Gasteiger partial charge in [-0.15, -0.1) is 11.3 Å². The topological polar surface area (TPSA) is 69.6 Å². The van der Waals surface area contributed by atoms with Crippen molar-refractivity contribution in [3.8, 4) is 11.1 Å². The second-order valence-electron chi connectivity index (χ2n) is 6.14. The summed E-state index contributed by atoms with van der Waals surface area (Å²) in [6.07, 6.45) is 2.90. The van der Waals surface area contributed by atoms with Gasteiger partial charge in [0.15, 0.2) is 16.0 Å². The lowest BCUT2D eigenvalue weighted by atomic mass is 10.1. The van der Waals surface area contributed by atoms with Gasteiger partial charge in [-0.2, -0.15) is 0 Å². The predicted molar refractivity (Wildman–Crippen MR) is 114 cm³/mol. The lowest BCUT2D eigenvalue weighted by molar-refractivity contribution is -0.137. The molecule has 1 fully saturated rings. The van der Waals surface area contributed by atoms with Gasteiger partial charge in [0, 0.05) is 17.8 Å². The molecule has 10 heteroatoms. The highest BCUT2D eigenvalue weighted by molar-refractivity contribution is 8.26. The second kappa shape index (κ2) is 9.57. The van der Waals surface area contributed by atoms with Crippen LogP contribution in [0.15, 0.2) is 34.6 Å². The van der Waals surface area contributed by atoms with E-state index in [1.807, 2.05) is 0 Å². The number of halogens is 2. The highest BCUT2D eigenvalue weighted by atomic mass is 32.2. The lowest BCUT2D eigenvalue weighted by Crippen LogP contribution is -2.41. The zero-order valence-corrected chi connectivity index (χ0v) is 17.4. The summed E-state index contributed by atoms with van der Waals surface area (Å²) in [5, 5.41) is 11.7.